The lowest BCUT2D eigenvalue weighted by Crippen LogP contribution is -2.36. The summed E-state index contributed by atoms with van der Waals surface area (Å²) in [6.45, 7) is 3.26. The van der Waals surface area contributed by atoms with Gasteiger partial charge < -0.3 is 15.4 Å². The van der Waals surface area contributed by atoms with Crippen molar-refractivity contribution in [1.29, 1.82) is 0 Å². The molecule has 0 aliphatic carbocycles. The largest absolute Gasteiger partial charge is 0.484 e. The number of ether oxygens (including phenoxy) is 1. The van der Waals surface area contributed by atoms with Crippen LogP contribution in [0.5, 0.6) is 5.75 Å². The zero-order valence-corrected chi connectivity index (χ0v) is 14.8. The minimum absolute atomic E-state index is 0.258. The van der Waals surface area contributed by atoms with Crippen LogP contribution in [0.15, 0.2) is 42.5 Å². The van der Waals surface area contributed by atoms with Gasteiger partial charge in [0, 0.05) is 12.2 Å². The van der Waals surface area contributed by atoms with Crippen LogP contribution in [-0.4, -0.2) is 24.6 Å². The highest BCUT2D eigenvalue weighted by molar-refractivity contribution is 5.92. The Bertz CT molecular complexity index is 835. The van der Waals surface area contributed by atoms with Gasteiger partial charge in [-0.2, -0.15) is 13.2 Å². The first kappa shape index (κ1) is 20.3. The first-order chi connectivity index (χ1) is 12.7. The number of halogens is 3. The molecule has 0 saturated carbocycles. The molecule has 144 valence electrons. The summed E-state index contributed by atoms with van der Waals surface area (Å²) in [5, 5.41) is 4.35. The van der Waals surface area contributed by atoms with E-state index in [0.717, 1.165) is 11.1 Å². The minimum atomic E-state index is -4.96. The van der Waals surface area contributed by atoms with Gasteiger partial charge in [0.1, 0.15) is 5.75 Å². The smallest absolute Gasteiger partial charge is 0.471 e. The van der Waals surface area contributed by atoms with E-state index >= 15 is 0 Å². The average molecular weight is 380 g/mol. The molecule has 0 heterocycles. The molecule has 2 aromatic rings. The predicted octanol–water partition coefficient (Wildman–Crippen LogP) is 3.50. The molecule has 0 saturated heterocycles. The van der Waals surface area contributed by atoms with Crippen LogP contribution >= 0.6 is 0 Å². The number of carbonyl (C=O) groups excluding carboxylic acids is 2. The van der Waals surface area contributed by atoms with Crippen molar-refractivity contribution in [3.05, 3.63) is 59.2 Å². The maximum absolute atomic E-state index is 12.3. The van der Waals surface area contributed by atoms with Crippen molar-refractivity contribution >= 4 is 17.5 Å². The molecular formula is C19H19F3N2O3. The van der Waals surface area contributed by atoms with Gasteiger partial charge in [-0.1, -0.05) is 24.3 Å². The van der Waals surface area contributed by atoms with Gasteiger partial charge in [0.2, 0.25) is 0 Å². The van der Waals surface area contributed by atoms with Crippen molar-refractivity contribution in [3.8, 4) is 5.75 Å². The van der Waals surface area contributed by atoms with Crippen LogP contribution in [0.2, 0.25) is 0 Å². The number of carbonyl (C=O) groups is 2. The first-order valence-electron chi connectivity index (χ1n) is 8.09. The van der Waals surface area contributed by atoms with Gasteiger partial charge in [0.05, 0.1) is 0 Å². The normalized spacial score (nSPS) is 11.0. The fourth-order valence-corrected chi connectivity index (χ4v) is 2.21. The van der Waals surface area contributed by atoms with Crippen molar-refractivity contribution in [1.82, 2.24) is 5.32 Å². The number of alkyl halides is 3. The summed E-state index contributed by atoms with van der Waals surface area (Å²) in [5.74, 6) is -1.97. The second kappa shape index (κ2) is 8.57. The van der Waals surface area contributed by atoms with Crippen LogP contribution < -0.4 is 15.4 Å². The molecule has 0 bridgehead atoms. The Balaban J connectivity index is 1.95. The third kappa shape index (κ3) is 6.02. The summed E-state index contributed by atoms with van der Waals surface area (Å²) in [4.78, 5) is 23.0. The van der Waals surface area contributed by atoms with Crippen molar-refractivity contribution in [2.24, 2.45) is 0 Å². The Morgan fingerprint density at radius 1 is 1.04 bits per heavy atom. The van der Waals surface area contributed by atoms with Gasteiger partial charge in [-0.25, -0.2) is 0 Å². The van der Waals surface area contributed by atoms with E-state index in [1.807, 2.05) is 26.0 Å². The summed E-state index contributed by atoms with van der Waals surface area (Å²) < 4.78 is 42.3. The van der Waals surface area contributed by atoms with Crippen LogP contribution in [0.4, 0.5) is 18.9 Å². The molecule has 0 aliphatic rings. The Labute approximate surface area is 154 Å². The summed E-state index contributed by atoms with van der Waals surface area (Å²) in [7, 11) is 0. The molecule has 8 heteroatoms. The lowest BCUT2D eigenvalue weighted by atomic mass is 10.1. The number of hydrogen-bond acceptors (Lipinski definition) is 3. The predicted molar refractivity (Wildman–Crippen MR) is 94.4 cm³/mol. The number of para-hydroxylation sites is 1. The van der Waals surface area contributed by atoms with Crippen LogP contribution in [0.1, 0.15) is 16.7 Å². The van der Waals surface area contributed by atoms with Gasteiger partial charge in [-0.05, 0) is 48.7 Å². The number of benzene rings is 2. The van der Waals surface area contributed by atoms with Crippen molar-refractivity contribution in [2.45, 2.75) is 26.6 Å². The standard InChI is InChI=1S/C19H19F3N2O3/c1-12-7-8-15(9-13(12)2)27-11-17(25)24-16-6-4-3-5-14(16)10-23-18(26)19(20,21)22/h3-9H,10-11H2,1-2H3,(H,23,26)(H,24,25). The molecule has 2 aromatic carbocycles. The van der Waals surface area contributed by atoms with Crippen LogP contribution in [0, 0.1) is 13.8 Å². The van der Waals surface area contributed by atoms with Gasteiger partial charge >= 0.3 is 12.1 Å². The third-order valence-corrected chi connectivity index (χ3v) is 3.84. The van der Waals surface area contributed by atoms with Crippen LogP contribution in [0.3, 0.4) is 0 Å². The van der Waals surface area contributed by atoms with Crippen molar-refractivity contribution in [3.63, 3.8) is 0 Å². The van der Waals surface area contributed by atoms with Gasteiger partial charge in [-0.3, -0.25) is 9.59 Å². The number of nitrogens with one attached hydrogen (secondary N) is 2. The molecular weight excluding hydrogens is 361 g/mol. The maximum Gasteiger partial charge on any atom is 0.471 e. The van der Waals surface area contributed by atoms with E-state index in [0.29, 0.717) is 17.0 Å². The highest BCUT2D eigenvalue weighted by atomic mass is 19.4. The quantitative estimate of drug-likeness (QED) is 0.806. The number of aryl methyl sites for hydroxylation is 2. The number of hydrogen-bond donors (Lipinski definition) is 2. The molecule has 0 spiro atoms. The number of amides is 2. The van der Waals surface area contributed by atoms with E-state index in [1.54, 1.807) is 23.5 Å². The molecule has 2 N–H and O–H groups in total. The van der Waals surface area contributed by atoms with E-state index in [9.17, 15) is 22.8 Å². The fraction of sp³-hybridized carbons (Fsp3) is 0.263. The summed E-state index contributed by atoms with van der Waals surface area (Å²) in [5.41, 5.74) is 2.77. The number of rotatable bonds is 6. The average Bonchev–Trinajstić information content (AvgIpc) is 2.61. The monoisotopic (exact) mass is 380 g/mol. The highest BCUT2D eigenvalue weighted by Crippen LogP contribution is 2.19. The SMILES string of the molecule is Cc1ccc(OCC(=O)Nc2ccccc2CNC(=O)C(F)(F)F)cc1C. The molecule has 0 radical (unpaired) electrons. The molecule has 5 nitrogen and oxygen atoms in total. The molecule has 0 unspecified atom stereocenters. The topological polar surface area (TPSA) is 67.4 Å². The summed E-state index contributed by atoms with van der Waals surface area (Å²) >= 11 is 0. The first-order valence-corrected chi connectivity index (χ1v) is 8.09. The lowest BCUT2D eigenvalue weighted by Gasteiger charge is -2.13. The Hall–Kier alpha value is -3.03. The molecule has 0 aromatic heterocycles. The molecule has 0 aliphatic heterocycles. The zero-order valence-electron chi connectivity index (χ0n) is 14.8. The summed E-state index contributed by atoms with van der Waals surface area (Å²) in [6, 6.07) is 11.7. The van der Waals surface area contributed by atoms with Crippen molar-refractivity contribution < 1.29 is 27.5 Å². The van der Waals surface area contributed by atoms with E-state index in [1.165, 1.54) is 12.1 Å². The van der Waals surface area contributed by atoms with Crippen LogP contribution in [0.25, 0.3) is 0 Å². The van der Waals surface area contributed by atoms with Crippen molar-refractivity contribution in [2.75, 3.05) is 11.9 Å². The second-order valence-electron chi connectivity index (χ2n) is 5.92. The van der Waals surface area contributed by atoms with E-state index in [-0.39, 0.29) is 13.2 Å². The van der Waals surface area contributed by atoms with E-state index < -0.39 is 18.0 Å². The molecule has 2 rings (SSSR count). The summed E-state index contributed by atoms with van der Waals surface area (Å²) in [6.07, 6.45) is -4.96. The molecule has 2 amide bonds. The Morgan fingerprint density at radius 2 is 1.74 bits per heavy atom. The van der Waals surface area contributed by atoms with Gasteiger partial charge in [0.15, 0.2) is 6.61 Å². The maximum atomic E-state index is 12.3. The van der Waals surface area contributed by atoms with Gasteiger partial charge in [-0.15, -0.1) is 0 Å². The Morgan fingerprint density at radius 3 is 2.41 bits per heavy atom. The lowest BCUT2D eigenvalue weighted by molar-refractivity contribution is -0.173. The molecule has 0 atom stereocenters. The second-order valence-corrected chi connectivity index (χ2v) is 5.92. The zero-order chi connectivity index (χ0) is 20.0. The minimum Gasteiger partial charge on any atom is -0.484 e. The molecule has 0 fully saturated rings. The van der Waals surface area contributed by atoms with Gasteiger partial charge in [0.25, 0.3) is 5.91 Å². The fourth-order valence-electron chi connectivity index (χ4n) is 2.21. The third-order valence-electron chi connectivity index (χ3n) is 3.84. The van der Waals surface area contributed by atoms with E-state index in [4.69, 9.17) is 4.74 Å². The number of anilines is 1. The highest BCUT2D eigenvalue weighted by Gasteiger charge is 2.38. The van der Waals surface area contributed by atoms with Crippen LogP contribution in [-0.2, 0) is 16.1 Å². The molecule has 27 heavy (non-hydrogen) atoms. The Kier molecular flexibility index (Phi) is 6.44. The van der Waals surface area contributed by atoms with E-state index in [2.05, 4.69) is 5.32 Å².